The van der Waals surface area contributed by atoms with Gasteiger partial charge in [0.1, 0.15) is 0 Å². The van der Waals surface area contributed by atoms with Gasteiger partial charge in [-0.2, -0.15) is 0 Å². The first kappa shape index (κ1) is 16.9. The van der Waals surface area contributed by atoms with E-state index in [2.05, 4.69) is 33.0 Å². The van der Waals surface area contributed by atoms with Crippen LogP contribution in [-0.4, -0.2) is 38.5 Å². The molecule has 1 rings (SSSR count). The van der Waals surface area contributed by atoms with Crippen molar-refractivity contribution in [2.45, 2.75) is 78.0 Å². The third-order valence-corrected chi connectivity index (χ3v) is 4.10. The molecule has 0 radical (unpaired) electrons. The highest BCUT2D eigenvalue weighted by atomic mass is 16.5. The highest BCUT2D eigenvalue weighted by Crippen LogP contribution is 2.25. The Kier molecular flexibility index (Phi) is 7.33. The third kappa shape index (κ3) is 6.24. The maximum absolute atomic E-state index is 6.16. The van der Waals surface area contributed by atoms with E-state index >= 15 is 0 Å². The zero-order valence-corrected chi connectivity index (χ0v) is 13.5. The molecule has 0 heterocycles. The molecule has 3 nitrogen and oxygen atoms in total. The SMILES string of the molecule is CCCNC(COC1CCCC(OC)C1)C(C)(C)C. The van der Waals surface area contributed by atoms with Gasteiger partial charge in [0.15, 0.2) is 0 Å². The van der Waals surface area contributed by atoms with Gasteiger partial charge < -0.3 is 14.8 Å². The lowest BCUT2D eigenvalue weighted by atomic mass is 9.87. The summed E-state index contributed by atoms with van der Waals surface area (Å²) in [5, 5.41) is 3.62. The van der Waals surface area contributed by atoms with Crippen LogP contribution in [0.15, 0.2) is 0 Å². The zero-order valence-electron chi connectivity index (χ0n) is 13.5. The van der Waals surface area contributed by atoms with Crippen molar-refractivity contribution in [1.82, 2.24) is 5.32 Å². The molecule has 0 bridgehead atoms. The van der Waals surface area contributed by atoms with Gasteiger partial charge in [-0.25, -0.2) is 0 Å². The van der Waals surface area contributed by atoms with Crippen LogP contribution in [0.1, 0.15) is 59.8 Å². The minimum atomic E-state index is 0.241. The van der Waals surface area contributed by atoms with E-state index in [9.17, 15) is 0 Å². The van der Waals surface area contributed by atoms with Crippen LogP contribution in [0.25, 0.3) is 0 Å². The fourth-order valence-electron chi connectivity index (χ4n) is 2.63. The monoisotopic (exact) mass is 271 g/mol. The van der Waals surface area contributed by atoms with E-state index in [1.807, 2.05) is 7.11 Å². The molecule has 1 aliphatic rings. The Hall–Kier alpha value is -0.120. The van der Waals surface area contributed by atoms with Gasteiger partial charge in [-0.3, -0.25) is 0 Å². The molecule has 0 amide bonds. The maximum atomic E-state index is 6.16. The highest BCUT2D eigenvalue weighted by Gasteiger charge is 2.27. The van der Waals surface area contributed by atoms with Crippen LogP contribution in [0.5, 0.6) is 0 Å². The maximum Gasteiger partial charge on any atom is 0.0628 e. The molecule has 0 saturated heterocycles. The molecular weight excluding hydrogens is 238 g/mol. The van der Waals surface area contributed by atoms with Crippen molar-refractivity contribution < 1.29 is 9.47 Å². The molecule has 0 aliphatic heterocycles. The van der Waals surface area contributed by atoms with Gasteiger partial charge in [-0.1, -0.05) is 27.7 Å². The predicted octanol–water partition coefficient (Wildman–Crippen LogP) is 3.37. The van der Waals surface area contributed by atoms with Crippen molar-refractivity contribution >= 4 is 0 Å². The van der Waals surface area contributed by atoms with Crippen molar-refractivity contribution in [2.24, 2.45) is 5.41 Å². The number of hydrogen-bond donors (Lipinski definition) is 1. The van der Waals surface area contributed by atoms with Crippen LogP contribution in [0, 0.1) is 5.41 Å². The highest BCUT2D eigenvalue weighted by molar-refractivity contribution is 4.81. The molecule has 1 N–H and O–H groups in total. The number of hydrogen-bond acceptors (Lipinski definition) is 3. The second-order valence-corrected chi connectivity index (χ2v) is 6.85. The minimum Gasteiger partial charge on any atom is -0.381 e. The number of methoxy groups -OCH3 is 1. The van der Waals surface area contributed by atoms with Crippen LogP contribution in [0.3, 0.4) is 0 Å². The van der Waals surface area contributed by atoms with Crippen molar-refractivity contribution in [3.05, 3.63) is 0 Å². The molecule has 3 atom stereocenters. The number of nitrogens with one attached hydrogen (secondary N) is 1. The number of ether oxygens (including phenoxy) is 2. The molecule has 3 unspecified atom stereocenters. The van der Waals surface area contributed by atoms with E-state index in [0.29, 0.717) is 18.2 Å². The van der Waals surface area contributed by atoms with Gasteiger partial charge in [0.2, 0.25) is 0 Å². The molecule has 0 aromatic rings. The predicted molar refractivity (Wildman–Crippen MR) is 80.5 cm³/mol. The first-order valence-electron chi connectivity index (χ1n) is 7.85. The molecule has 0 spiro atoms. The van der Waals surface area contributed by atoms with E-state index < -0.39 is 0 Å². The fourth-order valence-corrected chi connectivity index (χ4v) is 2.63. The smallest absolute Gasteiger partial charge is 0.0628 e. The van der Waals surface area contributed by atoms with Crippen LogP contribution in [-0.2, 0) is 9.47 Å². The zero-order chi connectivity index (χ0) is 14.3. The van der Waals surface area contributed by atoms with Crippen LogP contribution in [0.4, 0.5) is 0 Å². The quantitative estimate of drug-likeness (QED) is 0.770. The lowest BCUT2D eigenvalue weighted by Gasteiger charge is -2.34. The summed E-state index contributed by atoms with van der Waals surface area (Å²) in [6.07, 6.45) is 6.61. The second kappa shape index (κ2) is 8.23. The Morgan fingerprint density at radius 2 is 1.89 bits per heavy atom. The van der Waals surface area contributed by atoms with Gasteiger partial charge in [-0.15, -0.1) is 0 Å². The van der Waals surface area contributed by atoms with Gasteiger partial charge in [0.25, 0.3) is 0 Å². The lowest BCUT2D eigenvalue weighted by molar-refractivity contribution is -0.0437. The Bertz CT molecular complexity index is 237. The van der Waals surface area contributed by atoms with E-state index in [4.69, 9.17) is 9.47 Å². The van der Waals surface area contributed by atoms with E-state index in [0.717, 1.165) is 19.6 Å². The van der Waals surface area contributed by atoms with E-state index in [1.165, 1.54) is 25.7 Å². The summed E-state index contributed by atoms with van der Waals surface area (Å²) >= 11 is 0. The Labute approximate surface area is 119 Å². The molecule has 19 heavy (non-hydrogen) atoms. The number of rotatable bonds is 7. The Balaban J connectivity index is 2.38. The van der Waals surface area contributed by atoms with Crippen LogP contribution < -0.4 is 5.32 Å². The summed E-state index contributed by atoms with van der Waals surface area (Å²) in [6.45, 7) is 10.9. The van der Waals surface area contributed by atoms with Gasteiger partial charge >= 0.3 is 0 Å². The molecule has 1 aliphatic carbocycles. The molecule has 0 aromatic heterocycles. The van der Waals surface area contributed by atoms with Crippen molar-refractivity contribution in [3.8, 4) is 0 Å². The van der Waals surface area contributed by atoms with Gasteiger partial charge in [-0.05, 0) is 44.1 Å². The summed E-state index contributed by atoms with van der Waals surface area (Å²) in [5.74, 6) is 0. The van der Waals surface area contributed by atoms with Gasteiger partial charge in [0, 0.05) is 13.2 Å². The molecule has 1 saturated carbocycles. The van der Waals surface area contributed by atoms with Crippen molar-refractivity contribution in [2.75, 3.05) is 20.3 Å². The summed E-state index contributed by atoms with van der Waals surface area (Å²) in [7, 11) is 1.81. The molecule has 0 aromatic carbocycles. The minimum absolute atomic E-state index is 0.241. The summed E-state index contributed by atoms with van der Waals surface area (Å²) in [4.78, 5) is 0. The second-order valence-electron chi connectivity index (χ2n) is 6.85. The van der Waals surface area contributed by atoms with Crippen LogP contribution >= 0.6 is 0 Å². The summed E-state index contributed by atoms with van der Waals surface area (Å²) in [5.41, 5.74) is 0.241. The van der Waals surface area contributed by atoms with Crippen molar-refractivity contribution in [3.63, 3.8) is 0 Å². The topological polar surface area (TPSA) is 30.5 Å². The summed E-state index contributed by atoms with van der Waals surface area (Å²) < 4.78 is 11.6. The Morgan fingerprint density at radius 1 is 1.21 bits per heavy atom. The fraction of sp³-hybridized carbons (Fsp3) is 1.00. The van der Waals surface area contributed by atoms with Crippen molar-refractivity contribution in [1.29, 1.82) is 0 Å². The standard InChI is InChI=1S/C16H33NO2/c1-6-10-17-15(16(2,3)4)12-19-14-9-7-8-13(11-14)18-5/h13-15,17H,6-12H2,1-5H3. The first-order chi connectivity index (χ1) is 8.97. The largest absolute Gasteiger partial charge is 0.381 e. The first-order valence-corrected chi connectivity index (χ1v) is 7.85. The molecule has 114 valence electrons. The normalized spacial score (nSPS) is 26.4. The average Bonchev–Trinajstić information content (AvgIpc) is 2.37. The Morgan fingerprint density at radius 3 is 2.47 bits per heavy atom. The average molecular weight is 271 g/mol. The molecule has 3 heteroatoms. The molecular formula is C16H33NO2. The summed E-state index contributed by atoms with van der Waals surface area (Å²) in [6, 6.07) is 0.426. The molecule has 1 fully saturated rings. The van der Waals surface area contributed by atoms with Crippen LogP contribution in [0.2, 0.25) is 0 Å². The third-order valence-electron chi connectivity index (χ3n) is 4.10. The van der Waals surface area contributed by atoms with E-state index in [-0.39, 0.29) is 5.41 Å². The lowest BCUT2D eigenvalue weighted by Crippen LogP contribution is -2.45. The van der Waals surface area contributed by atoms with Gasteiger partial charge in [0.05, 0.1) is 18.8 Å². The van der Waals surface area contributed by atoms with E-state index in [1.54, 1.807) is 0 Å².